The number of hydrogen-bond donors (Lipinski definition) is 0. The number of ether oxygens (including phenoxy) is 2. The number of carbonyl (C=O) groups is 3. The van der Waals surface area contributed by atoms with E-state index in [0.29, 0.717) is 0 Å². The lowest BCUT2D eigenvalue weighted by Gasteiger charge is -2.33. The molecular weight excluding hydrogens is 386 g/mol. The van der Waals surface area contributed by atoms with Gasteiger partial charge in [0.1, 0.15) is 11.6 Å². The molecule has 160 valence electrons. The highest BCUT2D eigenvalue weighted by Crippen LogP contribution is 2.32. The third-order valence-electron chi connectivity index (χ3n) is 5.08. The molecule has 0 aliphatic heterocycles. The Morgan fingerprint density at radius 2 is 1.48 bits per heavy atom. The van der Waals surface area contributed by atoms with E-state index in [4.69, 9.17) is 9.47 Å². The van der Waals surface area contributed by atoms with Crippen molar-refractivity contribution in [3.8, 4) is 0 Å². The van der Waals surface area contributed by atoms with Gasteiger partial charge in [0.25, 0.3) is 0 Å². The van der Waals surface area contributed by atoms with Crippen LogP contribution in [0.2, 0.25) is 0 Å². The molecule has 1 aromatic rings. The van der Waals surface area contributed by atoms with Gasteiger partial charge in [-0.05, 0) is 62.8 Å². The second-order valence-electron chi connectivity index (χ2n) is 7.96. The number of halogens is 2. The zero-order valence-corrected chi connectivity index (χ0v) is 16.7. The first-order valence-electron chi connectivity index (χ1n) is 9.60. The third-order valence-corrected chi connectivity index (χ3v) is 5.08. The van der Waals surface area contributed by atoms with E-state index in [2.05, 4.69) is 0 Å². The Hall–Kier alpha value is -2.51. The van der Waals surface area contributed by atoms with Crippen LogP contribution in [0.4, 0.5) is 8.78 Å². The quantitative estimate of drug-likeness (QED) is 0.640. The van der Waals surface area contributed by atoms with Crippen LogP contribution >= 0.6 is 0 Å². The molecule has 1 atom stereocenters. The normalized spacial score (nSPS) is 17.4. The van der Waals surface area contributed by atoms with E-state index in [9.17, 15) is 28.3 Å². The number of alkyl halides is 2. The Morgan fingerprint density at radius 3 is 1.93 bits per heavy atom. The Kier molecular flexibility index (Phi) is 6.97. The van der Waals surface area contributed by atoms with Crippen LogP contribution in [0.3, 0.4) is 0 Å². The predicted molar refractivity (Wildman–Crippen MR) is 97.3 cm³/mol. The van der Waals surface area contributed by atoms with E-state index in [1.165, 1.54) is 38.1 Å². The van der Waals surface area contributed by atoms with Gasteiger partial charge in [0.2, 0.25) is 0 Å². The first-order valence-corrected chi connectivity index (χ1v) is 9.60. The van der Waals surface area contributed by atoms with E-state index < -0.39 is 41.5 Å². The fourth-order valence-electron chi connectivity index (χ4n) is 3.36. The van der Waals surface area contributed by atoms with Gasteiger partial charge in [0, 0.05) is 0 Å². The molecule has 0 N–H and O–H groups in total. The lowest BCUT2D eigenvalue weighted by Crippen LogP contribution is -2.53. The van der Waals surface area contributed by atoms with Gasteiger partial charge >= 0.3 is 17.9 Å². The molecule has 0 radical (unpaired) electrons. The Bertz CT molecular complexity index is 751. The highest BCUT2D eigenvalue weighted by Gasteiger charge is 2.46. The molecule has 0 aromatic heterocycles. The molecule has 1 fully saturated rings. The molecule has 0 spiro atoms. The van der Waals surface area contributed by atoms with Gasteiger partial charge in [-0.15, -0.1) is 0 Å². The smallest absolute Gasteiger partial charge is 0.338 e. The fourth-order valence-corrected chi connectivity index (χ4v) is 3.36. The fraction of sp³-hybridized carbons (Fsp3) is 0.571. The van der Waals surface area contributed by atoms with Crippen LogP contribution in [0.25, 0.3) is 0 Å². The summed E-state index contributed by atoms with van der Waals surface area (Å²) < 4.78 is 37.9. The Balaban J connectivity index is 2.07. The zero-order chi connectivity index (χ0) is 21.8. The molecule has 0 saturated heterocycles. The van der Waals surface area contributed by atoms with Gasteiger partial charge in [-0.3, -0.25) is 0 Å². The molecule has 1 saturated carbocycles. The van der Waals surface area contributed by atoms with Crippen molar-refractivity contribution in [3.63, 3.8) is 0 Å². The molecule has 2 rings (SSSR count). The van der Waals surface area contributed by atoms with Crippen LogP contribution in [0.5, 0.6) is 0 Å². The average Bonchev–Trinajstić information content (AvgIpc) is 2.65. The molecule has 0 amide bonds. The van der Waals surface area contributed by atoms with Crippen LogP contribution in [-0.2, 0) is 14.3 Å². The lowest BCUT2D eigenvalue weighted by atomic mass is 9.86. The molecule has 1 unspecified atom stereocenters. The monoisotopic (exact) mass is 411 g/mol. The average molecular weight is 411 g/mol. The van der Waals surface area contributed by atoms with Crippen LogP contribution in [-0.4, -0.2) is 35.5 Å². The maximum atomic E-state index is 13.8. The minimum Gasteiger partial charge on any atom is -0.544 e. The molecule has 6 nitrogen and oxygen atoms in total. The number of esters is 2. The number of aliphatic carboxylic acids is 1. The number of benzene rings is 1. The van der Waals surface area contributed by atoms with E-state index in [0.717, 1.165) is 32.1 Å². The van der Waals surface area contributed by atoms with Gasteiger partial charge in [0.05, 0.1) is 11.1 Å². The number of carboxylic acids is 1. The summed E-state index contributed by atoms with van der Waals surface area (Å²) >= 11 is 0. The standard InChI is InChI=1S/C21H26F2O6/c1-13(2)16(21(22,23)19(26)27)28-17(24)14-7-9-15(10-8-14)18(25)29-20(3)11-5-4-6-12-20/h7-10,13,16H,4-6,11-12H2,1-3H3,(H,26,27)/p-1. The minimum atomic E-state index is -4.33. The molecule has 1 aliphatic rings. The molecular formula is C21H25F2O6-. The number of carboxylic acid groups (broad SMARTS) is 1. The summed E-state index contributed by atoms with van der Waals surface area (Å²) in [6.45, 7) is 4.50. The van der Waals surface area contributed by atoms with Gasteiger partial charge in [-0.2, -0.15) is 8.78 Å². The van der Waals surface area contributed by atoms with E-state index in [1.807, 2.05) is 6.92 Å². The second-order valence-corrected chi connectivity index (χ2v) is 7.96. The van der Waals surface area contributed by atoms with Gasteiger partial charge in [0.15, 0.2) is 6.10 Å². The van der Waals surface area contributed by atoms with E-state index in [-0.39, 0.29) is 11.1 Å². The highest BCUT2D eigenvalue weighted by molar-refractivity contribution is 5.93. The molecule has 8 heteroatoms. The Morgan fingerprint density at radius 1 is 1.00 bits per heavy atom. The maximum absolute atomic E-state index is 13.8. The van der Waals surface area contributed by atoms with Crippen molar-refractivity contribution < 1.29 is 37.7 Å². The molecule has 0 heterocycles. The number of rotatable bonds is 7. The molecule has 29 heavy (non-hydrogen) atoms. The van der Waals surface area contributed by atoms with Gasteiger partial charge in [-0.25, -0.2) is 9.59 Å². The summed E-state index contributed by atoms with van der Waals surface area (Å²) in [6, 6.07) is 5.17. The summed E-state index contributed by atoms with van der Waals surface area (Å²) in [7, 11) is 0. The topological polar surface area (TPSA) is 92.7 Å². The zero-order valence-electron chi connectivity index (χ0n) is 16.7. The Labute approximate surface area is 168 Å². The predicted octanol–water partition coefficient (Wildman–Crippen LogP) is 3.13. The van der Waals surface area contributed by atoms with Crippen molar-refractivity contribution in [3.05, 3.63) is 35.4 Å². The van der Waals surface area contributed by atoms with Gasteiger partial charge in [-0.1, -0.05) is 20.3 Å². The van der Waals surface area contributed by atoms with Crippen molar-refractivity contribution in [2.24, 2.45) is 5.92 Å². The van der Waals surface area contributed by atoms with Gasteiger partial charge < -0.3 is 19.4 Å². The van der Waals surface area contributed by atoms with E-state index in [1.54, 1.807) is 0 Å². The van der Waals surface area contributed by atoms with Crippen LogP contribution < -0.4 is 5.11 Å². The largest absolute Gasteiger partial charge is 0.544 e. The third kappa shape index (κ3) is 5.52. The first-order chi connectivity index (χ1) is 13.5. The number of hydrogen-bond acceptors (Lipinski definition) is 6. The summed E-state index contributed by atoms with van der Waals surface area (Å²) in [5, 5.41) is 10.7. The molecule has 1 aliphatic carbocycles. The minimum absolute atomic E-state index is 0.0924. The SMILES string of the molecule is CC(C)C(OC(=O)c1ccc(C(=O)OC2(C)CCCCC2)cc1)C(F)(F)C(=O)[O-]. The summed E-state index contributed by atoms with van der Waals surface area (Å²) in [6.07, 6.45) is 2.47. The summed E-state index contributed by atoms with van der Waals surface area (Å²) in [5.74, 6) is -9.56. The van der Waals surface area contributed by atoms with Crippen LogP contribution in [0.1, 0.15) is 73.6 Å². The van der Waals surface area contributed by atoms with Crippen LogP contribution in [0.15, 0.2) is 24.3 Å². The second kappa shape index (κ2) is 8.88. The lowest BCUT2D eigenvalue weighted by molar-refractivity contribution is -0.337. The van der Waals surface area contributed by atoms with E-state index >= 15 is 0 Å². The van der Waals surface area contributed by atoms with Crippen LogP contribution in [0, 0.1) is 5.92 Å². The van der Waals surface area contributed by atoms with Crippen molar-refractivity contribution in [1.29, 1.82) is 0 Å². The maximum Gasteiger partial charge on any atom is 0.338 e. The highest BCUT2D eigenvalue weighted by atomic mass is 19.3. The van der Waals surface area contributed by atoms with Crippen molar-refractivity contribution in [2.45, 2.75) is 70.5 Å². The van der Waals surface area contributed by atoms with Crippen molar-refractivity contribution in [1.82, 2.24) is 0 Å². The van der Waals surface area contributed by atoms with Crippen molar-refractivity contribution in [2.75, 3.05) is 0 Å². The summed E-state index contributed by atoms with van der Waals surface area (Å²) in [5.41, 5.74) is -0.396. The summed E-state index contributed by atoms with van der Waals surface area (Å²) in [4.78, 5) is 35.2. The number of carbonyl (C=O) groups excluding carboxylic acids is 3. The van der Waals surface area contributed by atoms with Crippen molar-refractivity contribution >= 4 is 17.9 Å². The molecule has 1 aromatic carbocycles. The first kappa shape index (κ1) is 22.8. The molecule has 0 bridgehead atoms.